The lowest BCUT2D eigenvalue weighted by molar-refractivity contribution is 0.355. The molecule has 0 fully saturated rings. The van der Waals surface area contributed by atoms with Gasteiger partial charge in [0.05, 0.1) is 5.56 Å². The van der Waals surface area contributed by atoms with E-state index < -0.39 is 0 Å². The first-order chi connectivity index (χ1) is 8.16. The Hall–Kier alpha value is -2.03. The molecule has 0 saturated carbocycles. The number of hydrogen-bond donors (Lipinski definition) is 0. The summed E-state index contributed by atoms with van der Waals surface area (Å²) in [5, 5.41) is 0.969. The normalized spacial score (nSPS) is 13.5. The molecular weight excluding hydrogens is 216 g/mol. The Kier molecular flexibility index (Phi) is 2.08. The van der Waals surface area contributed by atoms with Gasteiger partial charge in [-0.25, -0.2) is 4.79 Å². The van der Waals surface area contributed by atoms with Crippen molar-refractivity contribution in [3.8, 4) is 5.75 Å². The van der Waals surface area contributed by atoms with Crippen molar-refractivity contribution in [3.63, 3.8) is 0 Å². The predicted octanol–water partition coefficient (Wildman–Crippen LogP) is 2.82. The number of hydrogen-bond acceptors (Lipinski definition) is 3. The van der Waals surface area contributed by atoms with E-state index in [1.54, 1.807) is 0 Å². The summed E-state index contributed by atoms with van der Waals surface area (Å²) in [6.07, 6.45) is 3.88. The molecule has 0 unspecified atom stereocenters. The van der Waals surface area contributed by atoms with Crippen LogP contribution in [-0.2, 0) is 0 Å². The van der Waals surface area contributed by atoms with E-state index in [9.17, 15) is 4.79 Å². The van der Waals surface area contributed by atoms with Gasteiger partial charge in [-0.1, -0.05) is 0 Å². The van der Waals surface area contributed by atoms with Crippen molar-refractivity contribution in [1.29, 1.82) is 0 Å². The van der Waals surface area contributed by atoms with Crippen LogP contribution < -0.4 is 10.4 Å². The van der Waals surface area contributed by atoms with Gasteiger partial charge in [-0.3, -0.25) is 0 Å². The fourth-order valence-electron chi connectivity index (χ4n) is 2.24. The highest BCUT2D eigenvalue weighted by Gasteiger charge is 2.16. The minimum Gasteiger partial charge on any atom is -0.488 e. The van der Waals surface area contributed by atoms with Crippen molar-refractivity contribution in [2.75, 3.05) is 6.61 Å². The molecule has 3 rings (SSSR count). The zero-order chi connectivity index (χ0) is 12.0. The van der Waals surface area contributed by atoms with E-state index in [0.29, 0.717) is 12.2 Å². The van der Waals surface area contributed by atoms with Crippen LogP contribution in [0.3, 0.4) is 0 Å². The summed E-state index contributed by atoms with van der Waals surface area (Å²) >= 11 is 0. The number of fused-ring (bicyclic) bond motifs is 3. The molecule has 3 heteroatoms. The van der Waals surface area contributed by atoms with Gasteiger partial charge in [-0.05, 0) is 43.2 Å². The maximum Gasteiger partial charge on any atom is 0.336 e. The smallest absolute Gasteiger partial charge is 0.336 e. The minimum absolute atomic E-state index is 0.319. The second-order valence-corrected chi connectivity index (χ2v) is 4.27. The fourth-order valence-corrected chi connectivity index (χ4v) is 2.24. The summed E-state index contributed by atoms with van der Waals surface area (Å²) in [6, 6.07) is 3.52. The molecule has 0 aliphatic carbocycles. The number of rotatable bonds is 0. The van der Waals surface area contributed by atoms with Gasteiger partial charge >= 0.3 is 5.63 Å². The third-order valence-electron chi connectivity index (χ3n) is 3.02. The molecule has 1 aromatic carbocycles. The first-order valence-electron chi connectivity index (χ1n) is 5.54. The molecule has 1 aliphatic rings. The average molecular weight is 228 g/mol. The van der Waals surface area contributed by atoms with E-state index in [0.717, 1.165) is 27.8 Å². The lowest BCUT2D eigenvalue weighted by atomic mass is 10.0. The zero-order valence-corrected chi connectivity index (χ0v) is 9.74. The SMILES string of the molecule is Cc1cc2c(C)cc(=O)oc2c2c1OCC=C2. The minimum atomic E-state index is -0.319. The van der Waals surface area contributed by atoms with Crippen LogP contribution in [0.1, 0.15) is 16.7 Å². The summed E-state index contributed by atoms with van der Waals surface area (Å²) in [5.41, 5.74) is 3.16. The predicted molar refractivity (Wildman–Crippen MR) is 66.5 cm³/mol. The summed E-state index contributed by atoms with van der Waals surface area (Å²) in [7, 11) is 0. The largest absolute Gasteiger partial charge is 0.488 e. The number of aryl methyl sites for hydroxylation is 2. The quantitative estimate of drug-likeness (QED) is 0.651. The van der Waals surface area contributed by atoms with Gasteiger partial charge < -0.3 is 9.15 Å². The van der Waals surface area contributed by atoms with Gasteiger partial charge in [0.15, 0.2) is 0 Å². The number of benzene rings is 1. The first-order valence-corrected chi connectivity index (χ1v) is 5.54. The highest BCUT2D eigenvalue weighted by Crippen LogP contribution is 2.35. The Morgan fingerprint density at radius 3 is 2.82 bits per heavy atom. The van der Waals surface area contributed by atoms with Crippen LogP contribution in [0.15, 0.2) is 27.4 Å². The lowest BCUT2D eigenvalue weighted by Crippen LogP contribution is -2.05. The lowest BCUT2D eigenvalue weighted by Gasteiger charge is -2.16. The van der Waals surface area contributed by atoms with Crippen molar-refractivity contribution in [2.45, 2.75) is 13.8 Å². The molecule has 86 valence electrons. The molecule has 3 nitrogen and oxygen atoms in total. The molecule has 0 N–H and O–H groups in total. The van der Waals surface area contributed by atoms with Crippen LogP contribution in [-0.4, -0.2) is 6.61 Å². The first kappa shape index (κ1) is 10.1. The van der Waals surface area contributed by atoms with E-state index in [1.165, 1.54) is 6.07 Å². The summed E-state index contributed by atoms with van der Waals surface area (Å²) in [4.78, 5) is 11.4. The monoisotopic (exact) mass is 228 g/mol. The van der Waals surface area contributed by atoms with Crippen molar-refractivity contribution in [3.05, 3.63) is 45.3 Å². The molecule has 0 spiro atoms. The second-order valence-electron chi connectivity index (χ2n) is 4.27. The van der Waals surface area contributed by atoms with Crippen LogP contribution in [0.25, 0.3) is 17.0 Å². The Morgan fingerprint density at radius 2 is 2.00 bits per heavy atom. The van der Waals surface area contributed by atoms with E-state index in [4.69, 9.17) is 9.15 Å². The van der Waals surface area contributed by atoms with Crippen molar-refractivity contribution in [2.24, 2.45) is 0 Å². The van der Waals surface area contributed by atoms with Gasteiger partial charge in [0.25, 0.3) is 0 Å². The van der Waals surface area contributed by atoms with Crippen LogP contribution >= 0.6 is 0 Å². The van der Waals surface area contributed by atoms with E-state index in [2.05, 4.69) is 0 Å². The third kappa shape index (κ3) is 1.46. The Morgan fingerprint density at radius 1 is 1.18 bits per heavy atom. The highest BCUT2D eigenvalue weighted by atomic mass is 16.5. The van der Waals surface area contributed by atoms with Crippen LogP contribution in [0.2, 0.25) is 0 Å². The van der Waals surface area contributed by atoms with E-state index in [-0.39, 0.29) is 5.63 Å². The van der Waals surface area contributed by atoms with Crippen LogP contribution in [0.5, 0.6) is 5.75 Å². The maximum absolute atomic E-state index is 11.4. The van der Waals surface area contributed by atoms with Gasteiger partial charge in [-0.2, -0.15) is 0 Å². The second kappa shape index (κ2) is 3.48. The van der Waals surface area contributed by atoms with Gasteiger partial charge in [0.1, 0.15) is 17.9 Å². The van der Waals surface area contributed by atoms with E-state index >= 15 is 0 Å². The van der Waals surface area contributed by atoms with Gasteiger partial charge in [0, 0.05) is 11.5 Å². The zero-order valence-electron chi connectivity index (χ0n) is 9.74. The average Bonchev–Trinajstić information content (AvgIpc) is 2.31. The summed E-state index contributed by atoms with van der Waals surface area (Å²) < 4.78 is 10.9. The summed E-state index contributed by atoms with van der Waals surface area (Å²) in [6.45, 7) is 4.48. The van der Waals surface area contributed by atoms with E-state index in [1.807, 2.05) is 32.1 Å². The van der Waals surface area contributed by atoms with Gasteiger partial charge in [-0.15, -0.1) is 0 Å². The molecular formula is C14H12O3. The molecule has 0 atom stereocenters. The highest BCUT2D eigenvalue weighted by molar-refractivity contribution is 5.91. The van der Waals surface area contributed by atoms with Crippen molar-refractivity contribution in [1.82, 2.24) is 0 Å². The van der Waals surface area contributed by atoms with Crippen molar-refractivity contribution < 1.29 is 9.15 Å². The molecule has 1 aromatic heterocycles. The standard InChI is InChI=1S/C14H12O3/c1-8-7-12(15)17-14-10-4-3-5-16-13(10)9(2)6-11(8)14/h3-4,6-7H,5H2,1-2H3. The molecule has 1 aliphatic heterocycles. The third-order valence-corrected chi connectivity index (χ3v) is 3.02. The van der Waals surface area contributed by atoms with Crippen LogP contribution in [0, 0.1) is 13.8 Å². The molecule has 0 bridgehead atoms. The topological polar surface area (TPSA) is 39.4 Å². The molecule has 0 saturated heterocycles. The molecule has 17 heavy (non-hydrogen) atoms. The summed E-state index contributed by atoms with van der Waals surface area (Å²) in [5.74, 6) is 0.814. The number of ether oxygens (including phenoxy) is 1. The molecule has 2 heterocycles. The van der Waals surface area contributed by atoms with Crippen LogP contribution in [0.4, 0.5) is 0 Å². The Balaban J connectivity index is 2.53. The molecule has 0 radical (unpaired) electrons. The Bertz CT molecular complexity index is 693. The van der Waals surface area contributed by atoms with Crippen molar-refractivity contribution >= 4 is 17.0 Å². The molecule has 2 aromatic rings. The molecule has 0 amide bonds. The Labute approximate surface area is 98.3 Å². The fraction of sp³-hybridized carbons (Fsp3) is 0.214. The maximum atomic E-state index is 11.4. The van der Waals surface area contributed by atoms with Gasteiger partial charge in [0.2, 0.25) is 0 Å².